The van der Waals surface area contributed by atoms with Gasteiger partial charge in [-0.3, -0.25) is 4.98 Å². The minimum atomic E-state index is -4.92. The summed E-state index contributed by atoms with van der Waals surface area (Å²) in [6.07, 6.45) is -2.32. The number of nitrogens with zero attached hydrogens (tertiary/aromatic N) is 5. The van der Waals surface area contributed by atoms with Gasteiger partial charge in [0.15, 0.2) is 17.6 Å². The highest BCUT2D eigenvalue weighted by Gasteiger charge is 2.41. The van der Waals surface area contributed by atoms with Crippen LogP contribution in [0, 0.1) is 5.82 Å². The van der Waals surface area contributed by atoms with E-state index in [2.05, 4.69) is 30.4 Å². The minimum absolute atomic E-state index is 0.0447. The molecule has 1 aromatic carbocycles. The van der Waals surface area contributed by atoms with Gasteiger partial charge in [-0.1, -0.05) is 18.2 Å². The second-order valence-electron chi connectivity index (χ2n) is 8.75. The van der Waals surface area contributed by atoms with Crippen molar-refractivity contribution >= 4 is 22.5 Å². The summed E-state index contributed by atoms with van der Waals surface area (Å²) >= 11 is 0. The van der Waals surface area contributed by atoms with Gasteiger partial charge in [0.05, 0.1) is 18.0 Å². The average Bonchev–Trinajstić information content (AvgIpc) is 3.44. The average molecular weight is 497 g/mol. The van der Waals surface area contributed by atoms with E-state index in [1.165, 1.54) is 11.8 Å². The second-order valence-corrected chi connectivity index (χ2v) is 8.75. The van der Waals surface area contributed by atoms with E-state index in [1.807, 2.05) is 24.3 Å². The van der Waals surface area contributed by atoms with Gasteiger partial charge in [0.2, 0.25) is 5.95 Å². The van der Waals surface area contributed by atoms with E-state index in [0.717, 1.165) is 52.4 Å². The Morgan fingerprint density at radius 2 is 1.97 bits per heavy atom. The first-order valence-electron chi connectivity index (χ1n) is 11.2. The van der Waals surface area contributed by atoms with Crippen LogP contribution in [-0.2, 0) is 12.8 Å². The summed E-state index contributed by atoms with van der Waals surface area (Å²) in [5.41, 5.74) is 2.79. The Hall–Kier alpha value is -4.06. The van der Waals surface area contributed by atoms with E-state index in [1.54, 1.807) is 0 Å². The Labute approximate surface area is 201 Å². The van der Waals surface area contributed by atoms with Crippen molar-refractivity contribution in [2.24, 2.45) is 0 Å². The molecular weight excluding hydrogens is 478 g/mol. The molecule has 36 heavy (non-hydrogen) atoms. The van der Waals surface area contributed by atoms with Crippen molar-refractivity contribution in [3.05, 3.63) is 71.6 Å². The zero-order valence-corrected chi connectivity index (χ0v) is 18.6. The summed E-state index contributed by atoms with van der Waals surface area (Å²) in [5, 5.41) is 18.4. The van der Waals surface area contributed by atoms with Crippen molar-refractivity contribution in [1.82, 2.24) is 29.5 Å². The zero-order chi connectivity index (χ0) is 25.0. The molecule has 8 nitrogen and oxygen atoms in total. The summed E-state index contributed by atoms with van der Waals surface area (Å²) < 4.78 is 54.9. The molecule has 1 aliphatic rings. The first kappa shape index (κ1) is 22.4. The summed E-state index contributed by atoms with van der Waals surface area (Å²) in [5.74, 6) is -0.557. The van der Waals surface area contributed by atoms with Crippen molar-refractivity contribution in [2.75, 3.05) is 5.32 Å². The number of rotatable bonds is 4. The number of halogens is 4. The highest BCUT2D eigenvalue weighted by atomic mass is 19.4. The van der Waals surface area contributed by atoms with Gasteiger partial charge in [-0.15, -0.1) is 0 Å². The van der Waals surface area contributed by atoms with Crippen LogP contribution in [0.25, 0.3) is 27.9 Å². The Morgan fingerprint density at radius 1 is 1.14 bits per heavy atom. The Kier molecular flexibility index (Phi) is 5.14. The number of para-hydroxylation sites is 1. The lowest BCUT2D eigenvalue weighted by Crippen LogP contribution is -2.29. The predicted octanol–water partition coefficient (Wildman–Crippen LogP) is 4.37. The van der Waals surface area contributed by atoms with E-state index in [-0.39, 0.29) is 29.0 Å². The lowest BCUT2D eigenvalue weighted by atomic mass is 9.91. The number of hydrogen-bond acceptors (Lipinski definition) is 6. The number of aromatic nitrogens is 6. The molecule has 12 heteroatoms. The smallest absolute Gasteiger partial charge is 0.379 e. The van der Waals surface area contributed by atoms with Gasteiger partial charge in [-0.05, 0) is 37.0 Å². The maximum absolute atomic E-state index is 13.8. The maximum Gasteiger partial charge on any atom is 0.418 e. The van der Waals surface area contributed by atoms with Gasteiger partial charge in [0.25, 0.3) is 0 Å². The van der Waals surface area contributed by atoms with E-state index in [9.17, 15) is 22.7 Å². The third-order valence-electron chi connectivity index (χ3n) is 6.39. The molecule has 0 amide bonds. The molecule has 2 atom stereocenters. The van der Waals surface area contributed by atoms with Gasteiger partial charge < -0.3 is 15.4 Å². The summed E-state index contributed by atoms with van der Waals surface area (Å²) in [4.78, 5) is 15.9. The van der Waals surface area contributed by atoms with Gasteiger partial charge in [0, 0.05) is 34.4 Å². The standard InChI is InChI=1S/C24H19F4N7O/c25-13-7-12(9-29-10-13)21-33-22-17(20(36)24(26,27)28)11-30-35(22)23(34-21)31-14-5-6-19-16(8-14)15-3-1-2-4-18(15)32-19/h1-4,7,9-11,14,20,32,36H,5-6,8H2,(H,31,33,34)/t14-,20-/m0/s1. The number of pyridine rings is 1. The number of aryl methyl sites for hydroxylation is 1. The second kappa shape index (κ2) is 8.26. The fourth-order valence-electron chi connectivity index (χ4n) is 4.70. The third-order valence-corrected chi connectivity index (χ3v) is 6.39. The van der Waals surface area contributed by atoms with E-state index in [0.29, 0.717) is 6.42 Å². The van der Waals surface area contributed by atoms with Gasteiger partial charge in [0.1, 0.15) is 5.82 Å². The van der Waals surface area contributed by atoms with Crippen LogP contribution >= 0.6 is 0 Å². The highest BCUT2D eigenvalue weighted by molar-refractivity contribution is 5.85. The number of anilines is 1. The molecule has 0 saturated heterocycles. The Morgan fingerprint density at radius 3 is 2.78 bits per heavy atom. The van der Waals surface area contributed by atoms with Crippen LogP contribution in [0.15, 0.2) is 48.9 Å². The van der Waals surface area contributed by atoms with E-state index in [4.69, 9.17) is 0 Å². The van der Waals surface area contributed by atoms with Gasteiger partial charge >= 0.3 is 6.18 Å². The normalized spacial score (nSPS) is 16.9. The fraction of sp³-hybridized carbons (Fsp3) is 0.250. The predicted molar refractivity (Wildman–Crippen MR) is 123 cm³/mol. The molecule has 6 rings (SSSR count). The quantitative estimate of drug-likeness (QED) is 0.319. The van der Waals surface area contributed by atoms with Crippen LogP contribution in [0.4, 0.5) is 23.5 Å². The summed E-state index contributed by atoms with van der Waals surface area (Å²) in [6.45, 7) is 0. The molecule has 1 aliphatic carbocycles. The molecule has 3 N–H and O–H groups in total. The number of benzene rings is 1. The van der Waals surface area contributed by atoms with Crippen LogP contribution in [0.3, 0.4) is 0 Å². The zero-order valence-electron chi connectivity index (χ0n) is 18.6. The molecule has 4 aromatic heterocycles. The molecule has 0 aliphatic heterocycles. The number of aliphatic hydroxyl groups is 1. The molecule has 5 aromatic rings. The number of aliphatic hydroxyl groups excluding tert-OH is 1. The third kappa shape index (κ3) is 3.83. The molecule has 4 heterocycles. The topological polar surface area (TPSA) is 104 Å². The van der Waals surface area contributed by atoms with Crippen molar-refractivity contribution in [3.63, 3.8) is 0 Å². The largest absolute Gasteiger partial charge is 0.418 e. The van der Waals surface area contributed by atoms with Gasteiger partial charge in [-0.2, -0.15) is 27.8 Å². The lowest BCUT2D eigenvalue weighted by Gasteiger charge is -2.24. The van der Waals surface area contributed by atoms with Crippen molar-refractivity contribution in [2.45, 2.75) is 37.6 Å². The molecule has 0 spiro atoms. The minimum Gasteiger partial charge on any atom is -0.379 e. The fourth-order valence-corrected chi connectivity index (χ4v) is 4.70. The van der Waals surface area contributed by atoms with Crippen LogP contribution in [0.2, 0.25) is 0 Å². The molecule has 0 unspecified atom stereocenters. The number of hydrogen-bond donors (Lipinski definition) is 3. The number of fused-ring (bicyclic) bond motifs is 4. The SMILES string of the molecule is O[C@@H](c1cnn2c(N[C@H]3CCc4[nH]c5ccccc5c4C3)nc(-c3cncc(F)c3)nc12)C(F)(F)F. The number of nitrogens with one attached hydrogen (secondary N) is 2. The van der Waals surface area contributed by atoms with Crippen LogP contribution in [-0.4, -0.2) is 46.9 Å². The Bertz CT molecular complexity index is 1590. The molecule has 0 bridgehead atoms. The molecule has 184 valence electrons. The maximum atomic E-state index is 13.8. The molecular formula is C24H19F4N7O. The Balaban J connectivity index is 1.43. The van der Waals surface area contributed by atoms with Crippen molar-refractivity contribution in [3.8, 4) is 11.4 Å². The van der Waals surface area contributed by atoms with E-state index < -0.39 is 23.7 Å². The van der Waals surface area contributed by atoms with E-state index >= 15 is 0 Å². The molecule has 0 fully saturated rings. The van der Waals surface area contributed by atoms with Crippen LogP contribution in [0.1, 0.15) is 29.3 Å². The van der Waals surface area contributed by atoms with Crippen molar-refractivity contribution < 1.29 is 22.7 Å². The lowest BCUT2D eigenvalue weighted by molar-refractivity contribution is -0.206. The summed E-state index contributed by atoms with van der Waals surface area (Å²) in [7, 11) is 0. The number of H-pyrrole nitrogens is 1. The first-order valence-corrected chi connectivity index (χ1v) is 11.2. The number of alkyl halides is 3. The highest BCUT2D eigenvalue weighted by Crippen LogP contribution is 2.35. The monoisotopic (exact) mass is 497 g/mol. The summed E-state index contributed by atoms with van der Waals surface area (Å²) in [6, 6.07) is 9.03. The van der Waals surface area contributed by atoms with Crippen LogP contribution in [0.5, 0.6) is 0 Å². The first-order chi connectivity index (χ1) is 17.3. The molecule has 0 radical (unpaired) electrons. The number of aromatic amines is 1. The molecule has 0 saturated carbocycles. The van der Waals surface area contributed by atoms with Gasteiger partial charge in [-0.25, -0.2) is 9.37 Å². The van der Waals surface area contributed by atoms with Crippen LogP contribution < -0.4 is 5.32 Å². The van der Waals surface area contributed by atoms with Crippen molar-refractivity contribution in [1.29, 1.82) is 0 Å².